The Bertz CT molecular complexity index is 377. The molecule has 0 fully saturated rings. The summed E-state index contributed by atoms with van der Waals surface area (Å²) < 4.78 is 37.2. The van der Waals surface area contributed by atoms with Crippen molar-refractivity contribution in [3.05, 3.63) is 11.1 Å². The topological polar surface area (TPSA) is 28.2 Å². The summed E-state index contributed by atoms with van der Waals surface area (Å²) in [6.07, 6.45) is -2.55. The molecular weight excluding hydrogens is 275 g/mol. The van der Waals surface area contributed by atoms with E-state index in [1.54, 1.807) is 13.1 Å². The standard InChI is InChI=1S/C12H20F3N3S/c1-4-18(8-12(13,14)15)11-17-7-10(19-11)6-16-5-9(2)3/h7,9,16H,4-6,8H2,1-3H3. The van der Waals surface area contributed by atoms with Crippen LogP contribution < -0.4 is 10.2 Å². The third-order valence-electron chi connectivity index (χ3n) is 2.42. The van der Waals surface area contributed by atoms with E-state index >= 15 is 0 Å². The van der Waals surface area contributed by atoms with Crippen molar-refractivity contribution < 1.29 is 13.2 Å². The van der Waals surface area contributed by atoms with Crippen LogP contribution in [0.2, 0.25) is 0 Å². The van der Waals surface area contributed by atoms with Crippen molar-refractivity contribution in [2.75, 3.05) is 24.5 Å². The molecule has 0 aliphatic heterocycles. The Kier molecular flexibility index (Phi) is 6.06. The molecule has 0 atom stereocenters. The van der Waals surface area contributed by atoms with Crippen LogP contribution in [-0.2, 0) is 6.54 Å². The quantitative estimate of drug-likeness (QED) is 0.837. The second kappa shape index (κ2) is 7.09. The average Bonchev–Trinajstić information content (AvgIpc) is 2.73. The van der Waals surface area contributed by atoms with E-state index in [4.69, 9.17) is 0 Å². The van der Waals surface area contributed by atoms with Gasteiger partial charge in [0.05, 0.1) is 0 Å². The predicted octanol–water partition coefficient (Wildman–Crippen LogP) is 3.28. The molecule has 1 rings (SSSR count). The minimum absolute atomic E-state index is 0.298. The molecule has 0 unspecified atom stereocenters. The number of halogens is 3. The van der Waals surface area contributed by atoms with Gasteiger partial charge in [-0.3, -0.25) is 0 Å². The molecular formula is C12H20F3N3S. The molecule has 0 aliphatic rings. The Morgan fingerprint density at radius 1 is 1.42 bits per heavy atom. The van der Waals surface area contributed by atoms with Gasteiger partial charge in [0.15, 0.2) is 5.13 Å². The molecule has 1 N–H and O–H groups in total. The lowest BCUT2D eigenvalue weighted by atomic mass is 10.2. The lowest BCUT2D eigenvalue weighted by molar-refractivity contribution is -0.119. The van der Waals surface area contributed by atoms with Gasteiger partial charge in [0.2, 0.25) is 0 Å². The maximum absolute atomic E-state index is 12.4. The van der Waals surface area contributed by atoms with Crippen LogP contribution >= 0.6 is 11.3 Å². The van der Waals surface area contributed by atoms with Crippen LogP contribution in [0, 0.1) is 5.92 Å². The number of thiazole rings is 1. The molecule has 3 nitrogen and oxygen atoms in total. The summed E-state index contributed by atoms with van der Waals surface area (Å²) in [7, 11) is 0. The molecule has 0 aliphatic carbocycles. The molecule has 0 saturated carbocycles. The number of alkyl halides is 3. The van der Waals surface area contributed by atoms with Crippen molar-refractivity contribution in [1.29, 1.82) is 0 Å². The molecule has 1 aromatic rings. The molecule has 7 heteroatoms. The van der Waals surface area contributed by atoms with E-state index in [0.717, 1.165) is 11.4 Å². The molecule has 0 amide bonds. The van der Waals surface area contributed by atoms with E-state index in [-0.39, 0.29) is 0 Å². The Morgan fingerprint density at radius 2 is 2.11 bits per heavy atom. The maximum Gasteiger partial charge on any atom is 0.406 e. The summed E-state index contributed by atoms with van der Waals surface area (Å²) in [5, 5.41) is 3.68. The van der Waals surface area contributed by atoms with Gasteiger partial charge in [-0.15, -0.1) is 11.3 Å². The van der Waals surface area contributed by atoms with Gasteiger partial charge in [-0.25, -0.2) is 4.98 Å². The van der Waals surface area contributed by atoms with Crippen LogP contribution in [0.3, 0.4) is 0 Å². The highest BCUT2D eigenvalue weighted by molar-refractivity contribution is 7.15. The number of nitrogens with zero attached hydrogens (tertiary/aromatic N) is 2. The zero-order chi connectivity index (χ0) is 14.5. The van der Waals surface area contributed by atoms with E-state index in [9.17, 15) is 13.2 Å². The second-order valence-corrected chi connectivity index (χ2v) is 5.86. The Balaban J connectivity index is 2.56. The van der Waals surface area contributed by atoms with E-state index in [1.165, 1.54) is 16.2 Å². The Labute approximate surface area is 115 Å². The third kappa shape index (κ3) is 6.24. The van der Waals surface area contributed by atoms with Gasteiger partial charge in [0.1, 0.15) is 6.54 Å². The van der Waals surface area contributed by atoms with Crippen molar-refractivity contribution in [2.45, 2.75) is 33.5 Å². The molecule has 0 aromatic carbocycles. The lowest BCUT2D eigenvalue weighted by Gasteiger charge is -2.21. The SMILES string of the molecule is CCN(CC(F)(F)F)c1ncc(CNCC(C)C)s1. The minimum Gasteiger partial charge on any atom is -0.339 e. The van der Waals surface area contributed by atoms with Crippen LogP contribution in [0.25, 0.3) is 0 Å². The maximum atomic E-state index is 12.4. The highest BCUT2D eigenvalue weighted by atomic mass is 32.1. The first-order chi connectivity index (χ1) is 8.81. The number of anilines is 1. The van der Waals surface area contributed by atoms with E-state index in [1.807, 2.05) is 0 Å². The average molecular weight is 295 g/mol. The Morgan fingerprint density at radius 3 is 2.63 bits per heavy atom. The molecule has 1 heterocycles. The van der Waals surface area contributed by atoms with Crippen molar-refractivity contribution >= 4 is 16.5 Å². The highest BCUT2D eigenvalue weighted by Crippen LogP contribution is 2.26. The number of rotatable bonds is 7. The first-order valence-electron chi connectivity index (χ1n) is 6.29. The second-order valence-electron chi connectivity index (χ2n) is 4.76. The van der Waals surface area contributed by atoms with Crippen molar-refractivity contribution in [1.82, 2.24) is 10.3 Å². The van der Waals surface area contributed by atoms with Crippen LogP contribution in [0.15, 0.2) is 6.20 Å². The first-order valence-corrected chi connectivity index (χ1v) is 7.10. The summed E-state index contributed by atoms with van der Waals surface area (Å²) >= 11 is 1.31. The molecule has 0 saturated heterocycles. The minimum atomic E-state index is -4.20. The molecule has 0 radical (unpaired) electrons. The van der Waals surface area contributed by atoms with Gasteiger partial charge in [-0.2, -0.15) is 13.2 Å². The van der Waals surface area contributed by atoms with Crippen molar-refractivity contribution in [3.8, 4) is 0 Å². The van der Waals surface area contributed by atoms with Gasteiger partial charge in [-0.05, 0) is 19.4 Å². The summed E-state index contributed by atoms with van der Waals surface area (Å²) in [4.78, 5) is 6.28. The highest BCUT2D eigenvalue weighted by Gasteiger charge is 2.31. The number of hydrogen-bond acceptors (Lipinski definition) is 4. The van der Waals surface area contributed by atoms with E-state index in [2.05, 4.69) is 24.1 Å². The Hall–Kier alpha value is -0.820. The van der Waals surface area contributed by atoms with Crippen molar-refractivity contribution in [2.24, 2.45) is 5.92 Å². The molecule has 110 valence electrons. The summed E-state index contributed by atoms with van der Waals surface area (Å²) in [6.45, 7) is 6.79. The summed E-state index contributed by atoms with van der Waals surface area (Å²) in [6, 6.07) is 0. The fourth-order valence-corrected chi connectivity index (χ4v) is 2.48. The number of hydrogen-bond donors (Lipinski definition) is 1. The van der Waals surface area contributed by atoms with E-state index in [0.29, 0.717) is 24.1 Å². The molecule has 19 heavy (non-hydrogen) atoms. The monoisotopic (exact) mass is 295 g/mol. The smallest absolute Gasteiger partial charge is 0.339 e. The molecule has 0 bridgehead atoms. The van der Waals surface area contributed by atoms with Gasteiger partial charge in [0, 0.05) is 24.2 Å². The van der Waals surface area contributed by atoms with Gasteiger partial charge in [-0.1, -0.05) is 13.8 Å². The fourth-order valence-electron chi connectivity index (χ4n) is 1.54. The first kappa shape index (κ1) is 16.2. The van der Waals surface area contributed by atoms with E-state index < -0.39 is 12.7 Å². The molecule has 0 spiro atoms. The lowest BCUT2D eigenvalue weighted by Crippen LogP contribution is -2.33. The number of nitrogens with one attached hydrogen (secondary N) is 1. The van der Waals surface area contributed by atoms with Crippen LogP contribution in [0.5, 0.6) is 0 Å². The van der Waals surface area contributed by atoms with Crippen molar-refractivity contribution in [3.63, 3.8) is 0 Å². The summed E-state index contributed by atoms with van der Waals surface area (Å²) in [5.41, 5.74) is 0. The normalized spacial score (nSPS) is 12.2. The van der Waals surface area contributed by atoms with Crippen LogP contribution in [0.1, 0.15) is 25.6 Å². The largest absolute Gasteiger partial charge is 0.406 e. The zero-order valence-corrected chi connectivity index (χ0v) is 12.2. The van der Waals surface area contributed by atoms with Gasteiger partial charge in [0.25, 0.3) is 0 Å². The van der Waals surface area contributed by atoms with Gasteiger partial charge < -0.3 is 10.2 Å². The van der Waals surface area contributed by atoms with Crippen LogP contribution in [-0.4, -0.2) is 30.8 Å². The third-order valence-corrected chi connectivity index (χ3v) is 3.47. The zero-order valence-electron chi connectivity index (χ0n) is 11.4. The summed E-state index contributed by atoms with van der Waals surface area (Å²) in [5.74, 6) is 0.546. The molecule has 1 aromatic heterocycles. The van der Waals surface area contributed by atoms with Gasteiger partial charge >= 0.3 is 6.18 Å². The number of aromatic nitrogens is 1. The van der Waals surface area contributed by atoms with Crippen LogP contribution in [0.4, 0.5) is 18.3 Å². The predicted molar refractivity (Wildman–Crippen MR) is 72.6 cm³/mol. The fraction of sp³-hybridized carbons (Fsp3) is 0.750.